The zero-order valence-electron chi connectivity index (χ0n) is 10.7. The average Bonchev–Trinajstić information content (AvgIpc) is 2.20. The second-order valence-corrected chi connectivity index (χ2v) is 4.38. The van der Waals surface area contributed by atoms with Crippen LogP contribution in [0.25, 0.3) is 0 Å². The first-order chi connectivity index (χ1) is 7.93. The van der Waals surface area contributed by atoms with E-state index in [1.807, 2.05) is 27.7 Å². The van der Waals surface area contributed by atoms with Gasteiger partial charge in [0.05, 0.1) is 18.8 Å². The fourth-order valence-electron chi connectivity index (χ4n) is 1.45. The summed E-state index contributed by atoms with van der Waals surface area (Å²) in [4.78, 5) is 0. The first kappa shape index (κ1) is 13.8. The van der Waals surface area contributed by atoms with E-state index in [1.165, 1.54) is 12.1 Å². The van der Waals surface area contributed by atoms with Gasteiger partial charge in [-0.25, -0.2) is 4.39 Å². The molecule has 0 bridgehead atoms. The molecule has 0 unspecified atom stereocenters. The van der Waals surface area contributed by atoms with Crippen molar-refractivity contribution >= 4 is 0 Å². The van der Waals surface area contributed by atoms with Crippen LogP contribution in [0, 0.1) is 5.82 Å². The molecule has 96 valence electrons. The number of aliphatic hydroxyl groups excluding tert-OH is 1. The first-order valence-corrected chi connectivity index (χ1v) is 5.70. The Bertz CT molecular complexity index is 375. The molecular formula is C13H19FO3. The summed E-state index contributed by atoms with van der Waals surface area (Å²) in [6.07, 6.45) is -0.155. The average molecular weight is 242 g/mol. The molecule has 0 atom stereocenters. The van der Waals surface area contributed by atoms with Crippen LogP contribution in [0.4, 0.5) is 4.39 Å². The molecule has 1 aromatic carbocycles. The molecule has 1 aromatic rings. The van der Waals surface area contributed by atoms with E-state index in [0.717, 1.165) is 0 Å². The van der Waals surface area contributed by atoms with E-state index >= 15 is 0 Å². The summed E-state index contributed by atoms with van der Waals surface area (Å²) in [5.41, 5.74) is 0.398. The lowest BCUT2D eigenvalue weighted by molar-refractivity contribution is 0.189. The molecule has 0 heterocycles. The van der Waals surface area contributed by atoms with Gasteiger partial charge in [-0.2, -0.15) is 0 Å². The highest BCUT2D eigenvalue weighted by Gasteiger charge is 2.15. The van der Waals surface area contributed by atoms with Gasteiger partial charge < -0.3 is 14.6 Å². The monoisotopic (exact) mass is 242 g/mol. The Morgan fingerprint density at radius 1 is 1.12 bits per heavy atom. The van der Waals surface area contributed by atoms with Crippen LogP contribution in [0.15, 0.2) is 12.1 Å². The quantitative estimate of drug-likeness (QED) is 0.862. The highest BCUT2D eigenvalue weighted by atomic mass is 19.1. The third-order valence-electron chi connectivity index (χ3n) is 1.98. The Labute approximate surface area is 101 Å². The number of hydrogen-bond acceptors (Lipinski definition) is 3. The summed E-state index contributed by atoms with van der Waals surface area (Å²) in [5.74, 6) is 0.302. The van der Waals surface area contributed by atoms with Gasteiger partial charge in [0.1, 0.15) is 5.82 Å². The van der Waals surface area contributed by atoms with Gasteiger partial charge in [-0.15, -0.1) is 0 Å². The Balaban J connectivity index is 3.18. The summed E-state index contributed by atoms with van der Waals surface area (Å²) in [7, 11) is 0. The second kappa shape index (κ2) is 5.87. The second-order valence-electron chi connectivity index (χ2n) is 4.38. The predicted octanol–water partition coefficient (Wildman–Crippen LogP) is 2.89. The maximum atomic E-state index is 13.3. The molecule has 4 heteroatoms. The van der Waals surface area contributed by atoms with E-state index in [1.54, 1.807) is 0 Å². The van der Waals surface area contributed by atoms with Gasteiger partial charge in [0.25, 0.3) is 0 Å². The standard InChI is InChI=1S/C13H19FO3/c1-8(2)16-12-6-11(14)5-10(7-15)13(12)17-9(3)4/h5-6,8-9,15H,7H2,1-4H3. The first-order valence-electron chi connectivity index (χ1n) is 5.70. The normalized spacial score (nSPS) is 11.1. The SMILES string of the molecule is CC(C)Oc1cc(F)cc(CO)c1OC(C)C. The maximum Gasteiger partial charge on any atom is 0.167 e. The molecule has 0 saturated carbocycles. The van der Waals surface area contributed by atoms with Crippen molar-refractivity contribution in [3.8, 4) is 11.5 Å². The van der Waals surface area contributed by atoms with Gasteiger partial charge in [-0.1, -0.05) is 0 Å². The van der Waals surface area contributed by atoms with Gasteiger partial charge in [0, 0.05) is 11.6 Å². The Hall–Kier alpha value is -1.29. The molecule has 0 aromatic heterocycles. The topological polar surface area (TPSA) is 38.7 Å². The lowest BCUT2D eigenvalue weighted by Gasteiger charge is -2.19. The number of rotatable bonds is 5. The zero-order valence-corrected chi connectivity index (χ0v) is 10.7. The number of benzene rings is 1. The smallest absolute Gasteiger partial charge is 0.167 e. The van der Waals surface area contributed by atoms with Crippen LogP contribution in [0.1, 0.15) is 33.3 Å². The minimum Gasteiger partial charge on any atom is -0.487 e. The van der Waals surface area contributed by atoms with E-state index in [2.05, 4.69) is 0 Å². The number of hydrogen-bond donors (Lipinski definition) is 1. The fraction of sp³-hybridized carbons (Fsp3) is 0.538. The van der Waals surface area contributed by atoms with Crippen LogP contribution in [0.5, 0.6) is 11.5 Å². The highest BCUT2D eigenvalue weighted by molar-refractivity contribution is 5.47. The van der Waals surface area contributed by atoms with Crippen molar-refractivity contribution in [2.24, 2.45) is 0 Å². The predicted molar refractivity (Wildman–Crippen MR) is 63.9 cm³/mol. The molecule has 17 heavy (non-hydrogen) atoms. The molecule has 0 saturated heterocycles. The Kier molecular flexibility index (Phi) is 4.75. The lowest BCUT2D eigenvalue weighted by Crippen LogP contribution is -2.12. The number of ether oxygens (including phenoxy) is 2. The largest absolute Gasteiger partial charge is 0.487 e. The van der Waals surface area contributed by atoms with Crippen LogP contribution in [-0.2, 0) is 6.61 Å². The van der Waals surface area contributed by atoms with E-state index in [0.29, 0.717) is 17.1 Å². The number of aliphatic hydroxyl groups is 1. The minimum atomic E-state index is -0.444. The molecule has 0 fully saturated rings. The van der Waals surface area contributed by atoms with Crippen LogP contribution in [0.2, 0.25) is 0 Å². The molecule has 0 amide bonds. The van der Waals surface area contributed by atoms with Crippen LogP contribution >= 0.6 is 0 Å². The van der Waals surface area contributed by atoms with Crippen molar-refractivity contribution in [1.29, 1.82) is 0 Å². The molecule has 3 nitrogen and oxygen atoms in total. The van der Waals surface area contributed by atoms with Crippen LogP contribution in [-0.4, -0.2) is 17.3 Å². The summed E-state index contributed by atoms with van der Waals surface area (Å²) in [6, 6.07) is 2.53. The van der Waals surface area contributed by atoms with Crippen molar-refractivity contribution in [1.82, 2.24) is 0 Å². The summed E-state index contributed by atoms with van der Waals surface area (Å²) in [5, 5.41) is 9.21. The fourth-order valence-corrected chi connectivity index (χ4v) is 1.45. The van der Waals surface area contributed by atoms with Crippen molar-refractivity contribution < 1.29 is 19.0 Å². The molecule has 1 N–H and O–H groups in total. The Morgan fingerprint density at radius 2 is 1.71 bits per heavy atom. The van der Waals surface area contributed by atoms with Gasteiger partial charge in [-0.05, 0) is 33.8 Å². The maximum absolute atomic E-state index is 13.3. The molecular weight excluding hydrogens is 223 g/mol. The van der Waals surface area contributed by atoms with Crippen molar-refractivity contribution in [2.75, 3.05) is 0 Å². The molecule has 0 aliphatic heterocycles. The molecule has 1 rings (SSSR count). The molecule has 0 aliphatic carbocycles. The third kappa shape index (κ3) is 3.89. The van der Waals surface area contributed by atoms with E-state index in [-0.39, 0.29) is 18.8 Å². The summed E-state index contributed by atoms with van der Waals surface area (Å²) >= 11 is 0. The van der Waals surface area contributed by atoms with Gasteiger partial charge in [0.15, 0.2) is 11.5 Å². The van der Waals surface area contributed by atoms with Gasteiger partial charge in [-0.3, -0.25) is 0 Å². The molecule has 0 aliphatic rings. The molecule has 0 spiro atoms. The zero-order chi connectivity index (χ0) is 13.0. The highest BCUT2D eigenvalue weighted by Crippen LogP contribution is 2.34. The van der Waals surface area contributed by atoms with Crippen LogP contribution < -0.4 is 9.47 Å². The van der Waals surface area contributed by atoms with Crippen molar-refractivity contribution in [2.45, 2.75) is 46.5 Å². The van der Waals surface area contributed by atoms with Gasteiger partial charge >= 0.3 is 0 Å². The van der Waals surface area contributed by atoms with Crippen LogP contribution in [0.3, 0.4) is 0 Å². The third-order valence-corrected chi connectivity index (χ3v) is 1.98. The van der Waals surface area contributed by atoms with E-state index in [4.69, 9.17) is 9.47 Å². The van der Waals surface area contributed by atoms with E-state index < -0.39 is 5.82 Å². The van der Waals surface area contributed by atoms with Gasteiger partial charge in [0.2, 0.25) is 0 Å². The Morgan fingerprint density at radius 3 is 2.18 bits per heavy atom. The minimum absolute atomic E-state index is 0.0692. The summed E-state index contributed by atoms with van der Waals surface area (Å²) < 4.78 is 24.4. The molecule has 0 radical (unpaired) electrons. The lowest BCUT2D eigenvalue weighted by atomic mass is 10.2. The van der Waals surface area contributed by atoms with Crippen molar-refractivity contribution in [3.63, 3.8) is 0 Å². The summed E-state index contributed by atoms with van der Waals surface area (Å²) in [6.45, 7) is 7.15. The number of halogens is 1. The van der Waals surface area contributed by atoms with Crippen molar-refractivity contribution in [3.05, 3.63) is 23.5 Å². The van der Waals surface area contributed by atoms with E-state index in [9.17, 15) is 9.50 Å².